The minimum Gasteiger partial charge on any atom is -0.480 e. The van der Waals surface area contributed by atoms with Gasteiger partial charge in [0.25, 0.3) is 5.91 Å². The van der Waals surface area contributed by atoms with E-state index in [9.17, 15) is 23.9 Å². The quantitative estimate of drug-likeness (QED) is 0.488. The second kappa shape index (κ2) is 11.5. The van der Waals surface area contributed by atoms with Crippen LogP contribution in [0.3, 0.4) is 0 Å². The van der Waals surface area contributed by atoms with Gasteiger partial charge in [0.15, 0.2) is 5.82 Å². The Morgan fingerprint density at radius 3 is 2.50 bits per heavy atom. The summed E-state index contributed by atoms with van der Waals surface area (Å²) < 4.78 is 25.2. The zero-order valence-electron chi connectivity index (χ0n) is 22.3. The van der Waals surface area contributed by atoms with Gasteiger partial charge in [-0.15, -0.1) is 5.10 Å². The third-order valence-electron chi connectivity index (χ3n) is 7.31. The maximum absolute atomic E-state index is 13.6. The van der Waals surface area contributed by atoms with Gasteiger partial charge in [0.1, 0.15) is 17.6 Å². The zero-order valence-corrected chi connectivity index (χ0v) is 22.3. The number of urea groups is 1. The van der Waals surface area contributed by atoms with E-state index in [1.54, 1.807) is 35.9 Å². The van der Waals surface area contributed by atoms with Crippen LogP contribution in [-0.4, -0.2) is 93.5 Å². The van der Waals surface area contributed by atoms with Gasteiger partial charge in [-0.05, 0) is 43.5 Å². The van der Waals surface area contributed by atoms with Crippen molar-refractivity contribution in [3.05, 3.63) is 65.1 Å². The third kappa shape index (κ3) is 5.41. The molecule has 13 heteroatoms. The van der Waals surface area contributed by atoms with Crippen LogP contribution in [-0.2, 0) is 16.1 Å². The summed E-state index contributed by atoms with van der Waals surface area (Å²) >= 11 is 0. The van der Waals surface area contributed by atoms with E-state index in [4.69, 9.17) is 9.15 Å². The number of morpholine rings is 1. The molecule has 2 fully saturated rings. The summed E-state index contributed by atoms with van der Waals surface area (Å²) in [6.45, 7) is 3.79. The van der Waals surface area contributed by atoms with Crippen molar-refractivity contribution < 1.29 is 33.0 Å². The van der Waals surface area contributed by atoms with Crippen LogP contribution in [0.4, 0.5) is 15.1 Å². The number of nitrogens with zero attached hydrogens (tertiary/aromatic N) is 6. The molecule has 2 aromatic heterocycles. The lowest BCUT2D eigenvalue weighted by atomic mass is 9.88. The lowest BCUT2D eigenvalue weighted by Gasteiger charge is -2.41. The van der Waals surface area contributed by atoms with Crippen LogP contribution in [0.2, 0.25) is 0 Å². The standard InChI is InChI=1S/C27H31FN6O6/c1-17-20(9-13-40-17)24(35)34-26(31(2)16-18-5-7-19(28)8-6-18)29-23(30-34)21-4-3-10-33(22(21)25(36)37)27(38)32-11-14-39-15-12-32/h5-9,13,21-22H,3-4,10-12,14-16H2,1-2H3,(H,36,37). The first-order valence-electron chi connectivity index (χ1n) is 13.1. The number of benzene rings is 1. The molecule has 2 aliphatic heterocycles. The summed E-state index contributed by atoms with van der Waals surface area (Å²) in [5, 5.41) is 14.8. The predicted molar refractivity (Wildman–Crippen MR) is 140 cm³/mol. The van der Waals surface area contributed by atoms with Crippen molar-refractivity contribution in [2.45, 2.75) is 38.3 Å². The van der Waals surface area contributed by atoms with Gasteiger partial charge in [0, 0.05) is 33.2 Å². The van der Waals surface area contributed by atoms with Gasteiger partial charge < -0.3 is 29.0 Å². The molecule has 0 radical (unpaired) electrons. The summed E-state index contributed by atoms with van der Waals surface area (Å²) in [7, 11) is 1.72. The van der Waals surface area contributed by atoms with Crippen molar-refractivity contribution in [1.82, 2.24) is 24.6 Å². The number of hydrogen-bond donors (Lipinski definition) is 1. The average Bonchev–Trinajstić information content (AvgIpc) is 3.60. The normalized spacial score (nSPS) is 19.5. The predicted octanol–water partition coefficient (Wildman–Crippen LogP) is 2.73. The van der Waals surface area contributed by atoms with Crippen LogP contribution in [0, 0.1) is 12.7 Å². The van der Waals surface area contributed by atoms with Gasteiger partial charge in [0.2, 0.25) is 5.95 Å². The molecule has 2 aliphatic rings. The number of furan rings is 1. The van der Waals surface area contributed by atoms with Gasteiger partial charge in [-0.3, -0.25) is 4.79 Å². The molecule has 2 atom stereocenters. The Kier molecular flexibility index (Phi) is 7.83. The highest BCUT2D eigenvalue weighted by atomic mass is 19.1. The van der Waals surface area contributed by atoms with Crippen LogP contribution >= 0.6 is 0 Å². The Morgan fingerprint density at radius 2 is 1.85 bits per heavy atom. The molecule has 4 heterocycles. The van der Waals surface area contributed by atoms with E-state index >= 15 is 0 Å². The number of likely N-dealkylation sites (tertiary alicyclic amines) is 1. The Labute approximate surface area is 229 Å². The number of halogens is 1. The summed E-state index contributed by atoms with van der Waals surface area (Å²) in [6, 6.07) is 5.92. The van der Waals surface area contributed by atoms with Crippen LogP contribution in [0.1, 0.15) is 46.3 Å². The number of aryl methyl sites for hydroxylation is 1. The fourth-order valence-electron chi connectivity index (χ4n) is 5.24. The number of carboxylic acids is 1. The first-order chi connectivity index (χ1) is 19.2. The highest BCUT2D eigenvalue weighted by Crippen LogP contribution is 2.33. The Balaban J connectivity index is 1.50. The molecule has 2 amide bonds. The summed E-state index contributed by atoms with van der Waals surface area (Å²) in [4.78, 5) is 48.8. The minimum atomic E-state index is -1.21. The van der Waals surface area contributed by atoms with Gasteiger partial charge in [0.05, 0.1) is 31.0 Å². The second-order valence-corrected chi connectivity index (χ2v) is 9.97. The molecule has 2 saturated heterocycles. The first kappa shape index (κ1) is 27.3. The molecule has 212 valence electrons. The fourth-order valence-corrected chi connectivity index (χ4v) is 5.24. The maximum Gasteiger partial charge on any atom is 0.327 e. The molecule has 1 aromatic carbocycles. The number of rotatable bonds is 6. The number of carboxylic acid groups (broad SMARTS) is 1. The van der Waals surface area contributed by atoms with Gasteiger partial charge in [-0.1, -0.05) is 12.1 Å². The minimum absolute atomic E-state index is 0.155. The molecule has 0 bridgehead atoms. The summed E-state index contributed by atoms with van der Waals surface area (Å²) in [5.41, 5.74) is 1.06. The third-order valence-corrected chi connectivity index (χ3v) is 7.31. The lowest BCUT2D eigenvalue weighted by Crippen LogP contribution is -2.57. The van der Waals surface area contributed by atoms with Gasteiger partial charge >= 0.3 is 12.0 Å². The number of anilines is 1. The van der Waals surface area contributed by atoms with E-state index in [0.717, 1.165) is 10.2 Å². The van der Waals surface area contributed by atoms with E-state index in [1.807, 2.05) is 0 Å². The highest BCUT2D eigenvalue weighted by Gasteiger charge is 2.44. The summed E-state index contributed by atoms with van der Waals surface area (Å²) in [6.07, 6.45) is 2.38. The average molecular weight is 555 g/mol. The topological polar surface area (TPSA) is 134 Å². The second-order valence-electron chi connectivity index (χ2n) is 9.97. The lowest BCUT2D eigenvalue weighted by molar-refractivity contribution is -0.144. The molecule has 3 aromatic rings. The molecular weight excluding hydrogens is 523 g/mol. The van der Waals surface area contributed by atoms with Crippen molar-refractivity contribution in [3.8, 4) is 0 Å². The number of piperidine rings is 1. The van der Waals surface area contributed by atoms with Crippen LogP contribution in [0.25, 0.3) is 0 Å². The number of aliphatic carboxylic acids is 1. The molecular formula is C27H31FN6O6. The molecule has 12 nitrogen and oxygen atoms in total. The van der Waals surface area contributed by atoms with Crippen LogP contribution in [0.5, 0.6) is 0 Å². The van der Waals surface area contributed by atoms with Crippen molar-refractivity contribution in [1.29, 1.82) is 0 Å². The molecule has 0 aliphatic carbocycles. The SMILES string of the molecule is Cc1occc1C(=O)n1nc(C2CCCN(C(=O)N3CCOCC3)C2C(=O)O)nc1N(C)Cc1ccc(F)cc1. The number of amides is 2. The Morgan fingerprint density at radius 1 is 1.12 bits per heavy atom. The molecule has 0 saturated carbocycles. The molecule has 1 N–H and O–H groups in total. The number of ether oxygens (including phenoxy) is 1. The number of carbonyl (C=O) groups is 3. The van der Waals surface area contributed by atoms with Crippen molar-refractivity contribution in [3.63, 3.8) is 0 Å². The van der Waals surface area contributed by atoms with Crippen LogP contribution < -0.4 is 4.90 Å². The smallest absolute Gasteiger partial charge is 0.327 e. The van der Waals surface area contributed by atoms with E-state index in [-0.39, 0.29) is 42.3 Å². The molecule has 2 unspecified atom stereocenters. The largest absolute Gasteiger partial charge is 0.480 e. The summed E-state index contributed by atoms with van der Waals surface area (Å²) in [5.74, 6) is -2.02. The van der Waals surface area contributed by atoms with E-state index < -0.39 is 23.8 Å². The number of hydrogen-bond acceptors (Lipinski definition) is 8. The molecule has 40 heavy (non-hydrogen) atoms. The van der Waals surface area contributed by atoms with Crippen molar-refractivity contribution in [2.75, 3.05) is 44.8 Å². The van der Waals surface area contributed by atoms with Crippen LogP contribution in [0.15, 0.2) is 41.0 Å². The van der Waals surface area contributed by atoms with E-state index in [2.05, 4.69) is 10.1 Å². The first-order valence-corrected chi connectivity index (χ1v) is 13.1. The fraction of sp³-hybridized carbons (Fsp3) is 0.444. The van der Waals surface area contributed by atoms with Gasteiger partial charge in [-0.2, -0.15) is 9.67 Å². The Hall–Kier alpha value is -4.26. The zero-order chi connectivity index (χ0) is 28.4. The molecule has 0 spiro atoms. The maximum atomic E-state index is 13.6. The number of carbonyl (C=O) groups excluding carboxylic acids is 2. The van der Waals surface area contributed by atoms with E-state index in [0.29, 0.717) is 44.9 Å². The number of aromatic nitrogens is 3. The molecule has 5 rings (SSSR count). The van der Waals surface area contributed by atoms with Crippen molar-refractivity contribution >= 4 is 23.9 Å². The van der Waals surface area contributed by atoms with Crippen molar-refractivity contribution in [2.24, 2.45) is 0 Å². The van der Waals surface area contributed by atoms with Gasteiger partial charge in [-0.25, -0.2) is 14.0 Å². The monoisotopic (exact) mass is 554 g/mol. The Bertz CT molecular complexity index is 1380. The highest BCUT2D eigenvalue weighted by molar-refractivity contribution is 5.97. The van der Waals surface area contributed by atoms with E-state index in [1.165, 1.54) is 29.4 Å².